The zero-order valence-electron chi connectivity index (χ0n) is 11.2. The van der Waals surface area contributed by atoms with Crippen LogP contribution in [0.1, 0.15) is 10.5 Å². The van der Waals surface area contributed by atoms with Crippen molar-refractivity contribution in [1.29, 1.82) is 0 Å². The number of amides is 1. The van der Waals surface area contributed by atoms with E-state index in [2.05, 4.69) is 10.2 Å². The van der Waals surface area contributed by atoms with Crippen LogP contribution in [0, 0.1) is 23.3 Å². The summed E-state index contributed by atoms with van der Waals surface area (Å²) in [5, 5.41) is 9.90. The van der Waals surface area contributed by atoms with Crippen molar-refractivity contribution < 1.29 is 22.4 Å². The summed E-state index contributed by atoms with van der Waals surface area (Å²) >= 11 is 1.39. The molecule has 0 unspecified atom stereocenters. The molecule has 0 aliphatic carbocycles. The van der Waals surface area contributed by atoms with Crippen LogP contribution in [-0.2, 0) is 0 Å². The zero-order valence-corrected chi connectivity index (χ0v) is 12.0. The summed E-state index contributed by atoms with van der Waals surface area (Å²) in [6.45, 7) is 0. The normalized spacial score (nSPS) is 10.8. The number of aromatic amines is 1. The number of carbonyl (C=O) groups is 1. The van der Waals surface area contributed by atoms with E-state index in [-0.39, 0.29) is 11.8 Å². The van der Waals surface area contributed by atoms with Gasteiger partial charge in [0.05, 0.1) is 10.6 Å². The van der Waals surface area contributed by atoms with Crippen LogP contribution in [0.5, 0.6) is 0 Å². The second-order valence-electron chi connectivity index (χ2n) is 4.44. The highest BCUT2D eigenvalue weighted by molar-refractivity contribution is 7.13. The van der Waals surface area contributed by atoms with Crippen molar-refractivity contribution in [2.75, 3.05) is 5.32 Å². The topological polar surface area (TPSA) is 57.8 Å². The first-order valence-corrected chi connectivity index (χ1v) is 7.09. The van der Waals surface area contributed by atoms with Gasteiger partial charge in [-0.1, -0.05) is 6.07 Å². The van der Waals surface area contributed by atoms with Gasteiger partial charge in [0, 0.05) is 6.07 Å². The summed E-state index contributed by atoms with van der Waals surface area (Å²) < 4.78 is 53.3. The van der Waals surface area contributed by atoms with Gasteiger partial charge in [-0.2, -0.15) is 5.10 Å². The van der Waals surface area contributed by atoms with Crippen LogP contribution in [0.2, 0.25) is 0 Å². The number of nitrogens with one attached hydrogen (secondary N) is 2. The first-order chi connectivity index (χ1) is 11.0. The molecule has 1 aromatic carbocycles. The number of anilines is 1. The molecule has 2 N–H and O–H groups in total. The van der Waals surface area contributed by atoms with E-state index in [0.717, 1.165) is 4.88 Å². The lowest BCUT2D eigenvalue weighted by molar-refractivity contribution is 0.102. The first-order valence-electron chi connectivity index (χ1n) is 6.21. The number of carbonyl (C=O) groups excluding carboxylic acids is 1. The summed E-state index contributed by atoms with van der Waals surface area (Å²) in [5.41, 5.74) is -0.860. The monoisotopic (exact) mass is 341 g/mol. The van der Waals surface area contributed by atoms with Crippen molar-refractivity contribution in [1.82, 2.24) is 10.2 Å². The maximum Gasteiger partial charge on any atom is 0.276 e. The highest BCUT2D eigenvalue weighted by Crippen LogP contribution is 2.26. The number of thiophene rings is 1. The highest BCUT2D eigenvalue weighted by atomic mass is 32.1. The Morgan fingerprint density at radius 3 is 2.43 bits per heavy atom. The summed E-state index contributed by atoms with van der Waals surface area (Å²) in [4.78, 5) is 12.8. The fourth-order valence-electron chi connectivity index (χ4n) is 1.86. The zero-order chi connectivity index (χ0) is 16.6. The second kappa shape index (κ2) is 5.84. The van der Waals surface area contributed by atoms with E-state index >= 15 is 0 Å². The summed E-state index contributed by atoms with van der Waals surface area (Å²) in [6.07, 6.45) is 0. The maximum atomic E-state index is 13.5. The maximum absolute atomic E-state index is 13.5. The molecule has 4 nitrogen and oxygen atoms in total. The summed E-state index contributed by atoms with van der Waals surface area (Å²) in [6, 6.07) is 4.98. The summed E-state index contributed by atoms with van der Waals surface area (Å²) in [7, 11) is 0. The third kappa shape index (κ3) is 2.82. The van der Waals surface area contributed by atoms with Gasteiger partial charge in [-0.25, -0.2) is 17.6 Å². The number of aromatic nitrogens is 2. The number of rotatable bonds is 3. The predicted molar refractivity (Wildman–Crippen MR) is 76.1 cm³/mol. The van der Waals surface area contributed by atoms with Crippen molar-refractivity contribution in [3.63, 3.8) is 0 Å². The lowest BCUT2D eigenvalue weighted by atomic mass is 10.2. The Morgan fingerprint density at radius 1 is 1.13 bits per heavy atom. The number of nitrogens with zero attached hydrogens (tertiary/aromatic N) is 1. The number of H-pyrrole nitrogens is 1. The van der Waals surface area contributed by atoms with Gasteiger partial charge < -0.3 is 5.32 Å². The lowest BCUT2D eigenvalue weighted by Crippen LogP contribution is -2.16. The van der Waals surface area contributed by atoms with Gasteiger partial charge in [-0.05, 0) is 17.5 Å². The third-order valence-electron chi connectivity index (χ3n) is 2.95. The van der Waals surface area contributed by atoms with Crippen LogP contribution in [0.3, 0.4) is 0 Å². The Morgan fingerprint density at radius 2 is 1.83 bits per heavy atom. The molecule has 0 atom stereocenters. The standard InChI is InChI=1S/C14H7F4N3OS/c15-6-4-7(16)12(18)13(11(6)17)19-14(22)9-5-8(20-21-9)10-2-1-3-23-10/h1-5H,(H,19,22)(H,20,21). The molecule has 0 aliphatic heterocycles. The van der Waals surface area contributed by atoms with Gasteiger partial charge in [-0.3, -0.25) is 9.89 Å². The van der Waals surface area contributed by atoms with Crippen molar-refractivity contribution in [3.8, 4) is 10.6 Å². The van der Waals surface area contributed by atoms with Gasteiger partial charge in [0.1, 0.15) is 5.69 Å². The molecule has 3 aromatic rings. The smallest absolute Gasteiger partial charge is 0.276 e. The predicted octanol–water partition coefficient (Wildman–Crippen LogP) is 3.95. The van der Waals surface area contributed by atoms with Crippen LogP contribution in [0.15, 0.2) is 29.6 Å². The van der Waals surface area contributed by atoms with E-state index in [1.54, 1.807) is 17.4 Å². The molecule has 23 heavy (non-hydrogen) atoms. The molecule has 0 aliphatic rings. The summed E-state index contributed by atoms with van der Waals surface area (Å²) in [5.74, 6) is -7.61. The minimum atomic E-state index is -1.69. The Labute approximate surface area is 130 Å². The highest BCUT2D eigenvalue weighted by Gasteiger charge is 2.22. The van der Waals surface area contributed by atoms with E-state index < -0.39 is 34.9 Å². The molecular weight excluding hydrogens is 334 g/mol. The molecule has 0 saturated heterocycles. The van der Waals surface area contributed by atoms with Crippen LogP contribution in [0.25, 0.3) is 10.6 Å². The van der Waals surface area contributed by atoms with E-state index in [4.69, 9.17) is 0 Å². The number of halogens is 4. The van der Waals surface area contributed by atoms with Crippen LogP contribution in [-0.4, -0.2) is 16.1 Å². The van der Waals surface area contributed by atoms with Crippen molar-refractivity contribution in [2.24, 2.45) is 0 Å². The third-order valence-corrected chi connectivity index (χ3v) is 3.85. The fraction of sp³-hybridized carbons (Fsp3) is 0. The molecule has 0 spiro atoms. The van der Waals surface area contributed by atoms with Crippen molar-refractivity contribution in [2.45, 2.75) is 0 Å². The molecule has 0 bridgehead atoms. The van der Waals surface area contributed by atoms with Crippen LogP contribution >= 0.6 is 11.3 Å². The minimum absolute atomic E-state index is 0.0593. The fourth-order valence-corrected chi connectivity index (χ4v) is 2.55. The molecular formula is C14H7F4N3OS. The molecule has 0 radical (unpaired) electrons. The average Bonchev–Trinajstić information content (AvgIpc) is 3.19. The molecule has 2 aromatic heterocycles. The van der Waals surface area contributed by atoms with E-state index in [1.807, 2.05) is 5.38 Å². The first kappa shape index (κ1) is 15.2. The van der Waals surface area contributed by atoms with Gasteiger partial charge in [0.25, 0.3) is 5.91 Å². The quantitative estimate of drug-likeness (QED) is 0.560. The van der Waals surface area contributed by atoms with Gasteiger partial charge in [-0.15, -0.1) is 11.3 Å². The number of hydrogen-bond donors (Lipinski definition) is 2. The number of benzene rings is 1. The van der Waals surface area contributed by atoms with Gasteiger partial charge in [0.15, 0.2) is 29.0 Å². The van der Waals surface area contributed by atoms with E-state index in [0.29, 0.717) is 5.69 Å². The Bertz CT molecular complexity index is 850. The molecule has 3 rings (SSSR count). The van der Waals surface area contributed by atoms with E-state index in [1.165, 1.54) is 17.4 Å². The second-order valence-corrected chi connectivity index (χ2v) is 5.39. The SMILES string of the molecule is O=C(Nc1c(F)c(F)cc(F)c1F)c1cc(-c2cccs2)[nH]n1. The Balaban J connectivity index is 1.89. The Hall–Kier alpha value is -2.68. The van der Waals surface area contributed by atoms with Crippen molar-refractivity contribution >= 4 is 22.9 Å². The molecule has 0 saturated carbocycles. The lowest BCUT2D eigenvalue weighted by Gasteiger charge is -2.07. The Kier molecular flexibility index (Phi) is 3.87. The van der Waals surface area contributed by atoms with Crippen molar-refractivity contribution in [3.05, 3.63) is 58.6 Å². The molecule has 1 amide bonds. The van der Waals surface area contributed by atoms with Gasteiger partial charge >= 0.3 is 0 Å². The molecule has 0 fully saturated rings. The van der Waals surface area contributed by atoms with Crippen LogP contribution < -0.4 is 5.32 Å². The molecule has 118 valence electrons. The molecule has 9 heteroatoms. The van der Waals surface area contributed by atoms with Gasteiger partial charge in [0.2, 0.25) is 0 Å². The number of hydrogen-bond acceptors (Lipinski definition) is 3. The minimum Gasteiger partial charge on any atom is -0.315 e. The average molecular weight is 341 g/mol. The van der Waals surface area contributed by atoms with Crippen LogP contribution in [0.4, 0.5) is 23.2 Å². The van der Waals surface area contributed by atoms with E-state index in [9.17, 15) is 22.4 Å². The molecule has 2 heterocycles. The largest absolute Gasteiger partial charge is 0.315 e.